The molecule has 2 aromatic carbocycles. The highest BCUT2D eigenvalue weighted by Crippen LogP contribution is 2.29. The maximum Gasteiger partial charge on any atom is 0.138 e. The number of hydrogen-bond donors (Lipinski definition) is 1. The molecule has 102 valence electrons. The third kappa shape index (κ3) is 2.15. The molecule has 0 saturated carbocycles. The van der Waals surface area contributed by atoms with E-state index in [1.54, 1.807) is 18.3 Å². The first-order chi connectivity index (χ1) is 10.2. The minimum Gasteiger partial charge on any atom is -0.338 e. The van der Waals surface area contributed by atoms with Gasteiger partial charge in [0.1, 0.15) is 5.82 Å². The number of H-pyrrole nitrogens is 1. The van der Waals surface area contributed by atoms with Crippen molar-refractivity contribution in [2.24, 2.45) is 0 Å². The lowest BCUT2D eigenvalue weighted by atomic mass is 10.1. The summed E-state index contributed by atoms with van der Waals surface area (Å²) >= 11 is 12.1. The molecule has 0 atom stereocenters. The second-order valence-electron chi connectivity index (χ2n) is 4.78. The molecule has 21 heavy (non-hydrogen) atoms. The Morgan fingerprint density at radius 1 is 0.905 bits per heavy atom. The molecule has 0 fully saturated rings. The molecule has 0 radical (unpaired) electrons. The zero-order chi connectivity index (χ0) is 14.4. The van der Waals surface area contributed by atoms with E-state index >= 15 is 0 Å². The maximum atomic E-state index is 6.03. The maximum absolute atomic E-state index is 6.03. The zero-order valence-corrected chi connectivity index (χ0v) is 12.3. The average molecular weight is 314 g/mol. The molecule has 0 aliphatic carbocycles. The number of imidazole rings is 1. The van der Waals surface area contributed by atoms with Crippen LogP contribution in [-0.4, -0.2) is 15.0 Å². The van der Waals surface area contributed by atoms with E-state index < -0.39 is 0 Å². The highest BCUT2D eigenvalue weighted by atomic mass is 35.5. The summed E-state index contributed by atoms with van der Waals surface area (Å²) < 4.78 is 0. The van der Waals surface area contributed by atoms with Crippen molar-refractivity contribution in [3.8, 4) is 11.4 Å². The highest BCUT2D eigenvalue weighted by molar-refractivity contribution is 6.42. The smallest absolute Gasteiger partial charge is 0.138 e. The van der Waals surface area contributed by atoms with E-state index in [1.165, 1.54) is 0 Å². The van der Waals surface area contributed by atoms with Gasteiger partial charge in [-0.05, 0) is 36.4 Å². The molecule has 5 heteroatoms. The number of benzene rings is 2. The van der Waals surface area contributed by atoms with Gasteiger partial charge in [0, 0.05) is 17.1 Å². The number of hydrogen-bond acceptors (Lipinski definition) is 2. The Morgan fingerprint density at radius 3 is 2.67 bits per heavy atom. The first-order valence-corrected chi connectivity index (χ1v) is 7.16. The Kier molecular flexibility index (Phi) is 2.84. The summed E-state index contributed by atoms with van der Waals surface area (Å²) in [6.07, 6.45) is 1.78. The molecule has 0 spiro atoms. The second-order valence-corrected chi connectivity index (χ2v) is 5.59. The van der Waals surface area contributed by atoms with E-state index in [1.807, 2.05) is 24.3 Å². The quantitative estimate of drug-likeness (QED) is 0.532. The minimum atomic E-state index is 0.505. The van der Waals surface area contributed by atoms with Crippen molar-refractivity contribution in [1.29, 1.82) is 0 Å². The van der Waals surface area contributed by atoms with Gasteiger partial charge < -0.3 is 4.98 Å². The molecule has 0 aliphatic rings. The monoisotopic (exact) mass is 313 g/mol. The molecular formula is C16H9Cl2N3. The summed E-state index contributed by atoms with van der Waals surface area (Å²) in [6.45, 7) is 0. The second kappa shape index (κ2) is 4.72. The summed E-state index contributed by atoms with van der Waals surface area (Å²) in [5.41, 5.74) is 3.62. The molecule has 2 heterocycles. The molecule has 4 aromatic rings. The van der Waals surface area contributed by atoms with Crippen LogP contribution in [0.1, 0.15) is 0 Å². The van der Waals surface area contributed by atoms with Gasteiger partial charge in [0.15, 0.2) is 0 Å². The van der Waals surface area contributed by atoms with Crippen LogP contribution in [0.25, 0.3) is 33.3 Å². The standard InChI is InChI=1S/C16H9Cl2N3/c17-11-7-14-15(8-12(11)18)21-16(20-14)10-3-4-13-9(6-10)2-1-5-19-13/h1-8H,(H,20,21). The molecule has 0 amide bonds. The topological polar surface area (TPSA) is 41.6 Å². The lowest BCUT2D eigenvalue weighted by Gasteiger charge is -1.99. The summed E-state index contributed by atoms with van der Waals surface area (Å²) in [6, 6.07) is 13.5. The van der Waals surface area contributed by atoms with E-state index in [4.69, 9.17) is 23.2 Å². The first-order valence-electron chi connectivity index (χ1n) is 6.41. The molecule has 0 bridgehead atoms. The van der Waals surface area contributed by atoms with Gasteiger partial charge in [-0.25, -0.2) is 4.98 Å². The number of pyridine rings is 1. The van der Waals surface area contributed by atoms with E-state index in [-0.39, 0.29) is 0 Å². The van der Waals surface area contributed by atoms with Gasteiger partial charge >= 0.3 is 0 Å². The molecular weight excluding hydrogens is 305 g/mol. The van der Waals surface area contributed by atoms with Gasteiger partial charge in [-0.3, -0.25) is 4.98 Å². The van der Waals surface area contributed by atoms with Gasteiger partial charge in [0.05, 0.1) is 26.6 Å². The Morgan fingerprint density at radius 2 is 1.76 bits per heavy atom. The Balaban J connectivity index is 1.91. The van der Waals surface area contributed by atoms with Crippen molar-refractivity contribution in [1.82, 2.24) is 15.0 Å². The number of fused-ring (bicyclic) bond motifs is 2. The van der Waals surface area contributed by atoms with E-state index in [0.717, 1.165) is 33.3 Å². The molecule has 3 nitrogen and oxygen atoms in total. The fourth-order valence-corrected chi connectivity index (χ4v) is 2.69. The molecule has 0 unspecified atom stereocenters. The van der Waals surface area contributed by atoms with Gasteiger partial charge in [-0.2, -0.15) is 0 Å². The predicted octanol–water partition coefficient (Wildman–Crippen LogP) is 5.08. The summed E-state index contributed by atoms with van der Waals surface area (Å²) in [5.74, 6) is 0.786. The van der Waals surface area contributed by atoms with Gasteiger partial charge in [0.2, 0.25) is 0 Å². The number of aromatic nitrogens is 3. The third-order valence-electron chi connectivity index (χ3n) is 3.40. The first kappa shape index (κ1) is 12.6. The fraction of sp³-hybridized carbons (Fsp3) is 0. The largest absolute Gasteiger partial charge is 0.338 e. The minimum absolute atomic E-state index is 0.505. The molecule has 1 N–H and O–H groups in total. The third-order valence-corrected chi connectivity index (χ3v) is 4.12. The Bertz CT molecular complexity index is 937. The van der Waals surface area contributed by atoms with Crippen LogP contribution in [-0.2, 0) is 0 Å². The Labute approximate surface area is 130 Å². The SMILES string of the molecule is Clc1cc2nc(-c3ccc4ncccc4c3)[nH]c2cc1Cl. The van der Waals surface area contributed by atoms with Gasteiger partial charge in [-0.15, -0.1) is 0 Å². The molecule has 0 aliphatic heterocycles. The van der Waals surface area contributed by atoms with Crippen LogP contribution in [0, 0.1) is 0 Å². The van der Waals surface area contributed by atoms with E-state index in [2.05, 4.69) is 21.0 Å². The molecule has 2 aromatic heterocycles. The van der Waals surface area contributed by atoms with Crippen molar-refractivity contribution < 1.29 is 0 Å². The van der Waals surface area contributed by atoms with Gasteiger partial charge in [-0.1, -0.05) is 29.3 Å². The van der Waals surface area contributed by atoms with Crippen molar-refractivity contribution in [3.63, 3.8) is 0 Å². The van der Waals surface area contributed by atoms with Crippen molar-refractivity contribution in [2.45, 2.75) is 0 Å². The van der Waals surface area contributed by atoms with E-state index in [9.17, 15) is 0 Å². The van der Waals surface area contributed by atoms with Crippen LogP contribution >= 0.6 is 23.2 Å². The number of halogens is 2. The fourth-order valence-electron chi connectivity index (χ4n) is 2.36. The van der Waals surface area contributed by atoms with Crippen LogP contribution in [0.3, 0.4) is 0 Å². The number of nitrogens with one attached hydrogen (secondary N) is 1. The lowest BCUT2D eigenvalue weighted by Crippen LogP contribution is -1.82. The molecule has 4 rings (SSSR count). The van der Waals surface area contributed by atoms with Crippen LogP contribution in [0.2, 0.25) is 10.0 Å². The van der Waals surface area contributed by atoms with Crippen LogP contribution in [0.15, 0.2) is 48.7 Å². The van der Waals surface area contributed by atoms with Crippen molar-refractivity contribution >= 4 is 45.1 Å². The predicted molar refractivity (Wildman–Crippen MR) is 86.9 cm³/mol. The Hall–Kier alpha value is -2.10. The highest BCUT2D eigenvalue weighted by Gasteiger charge is 2.09. The van der Waals surface area contributed by atoms with Gasteiger partial charge in [0.25, 0.3) is 0 Å². The molecule has 0 saturated heterocycles. The number of rotatable bonds is 1. The number of nitrogens with zero attached hydrogens (tertiary/aromatic N) is 2. The lowest BCUT2D eigenvalue weighted by molar-refractivity contribution is 1.33. The number of aromatic amines is 1. The van der Waals surface area contributed by atoms with Crippen LogP contribution in [0.4, 0.5) is 0 Å². The summed E-state index contributed by atoms with van der Waals surface area (Å²) in [4.78, 5) is 12.2. The van der Waals surface area contributed by atoms with E-state index in [0.29, 0.717) is 10.0 Å². The van der Waals surface area contributed by atoms with Crippen molar-refractivity contribution in [2.75, 3.05) is 0 Å². The normalized spacial score (nSPS) is 11.3. The van der Waals surface area contributed by atoms with Crippen molar-refractivity contribution in [3.05, 3.63) is 58.7 Å². The van der Waals surface area contributed by atoms with Crippen LogP contribution < -0.4 is 0 Å². The summed E-state index contributed by atoms with van der Waals surface area (Å²) in [5, 5.41) is 2.10. The average Bonchev–Trinajstić information content (AvgIpc) is 2.90. The van der Waals surface area contributed by atoms with Crippen LogP contribution in [0.5, 0.6) is 0 Å². The zero-order valence-electron chi connectivity index (χ0n) is 10.8. The summed E-state index contributed by atoms with van der Waals surface area (Å²) in [7, 11) is 0.